The largest absolute Gasteiger partial charge is 0.378 e. The van der Waals surface area contributed by atoms with Crippen molar-refractivity contribution in [2.75, 3.05) is 20.2 Å². The molecule has 1 rings (SSSR count). The van der Waals surface area contributed by atoms with Crippen LogP contribution in [0.5, 0.6) is 0 Å². The normalized spacial score (nSPS) is 17.5. The summed E-state index contributed by atoms with van der Waals surface area (Å²) in [4.78, 5) is 4.24. The van der Waals surface area contributed by atoms with Crippen LogP contribution in [0.25, 0.3) is 0 Å². The lowest BCUT2D eigenvalue weighted by atomic mass is 10.1. The molecule has 0 aromatic rings. The van der Waals surface area contributed by atoms with Gasteiger partial charge < -0.3 is 15.4 Å². The predicted octanol–water partition coefficient (Wildman–Crippen LogP) is 4.09. The summed E-state index contributed by atoms with van der Waals surface area (Å²) in [6.45, 7) is 8.27. The van der Waals surface area contributed by atoms with Crippen molar-refractivity contribution in [2.45, 2.75) is 83.8 Å². The van der Waals surface area contributed by atoms with Gasteiger partial charge in [0.15, 0.2) is 5.96 Å². The first-order valence-corrected chi connectivity index (χ1v) is 8.62. The minimum absolute atomic E-state index is 0. The third-order valence-electron chi connectivity index (χ3n) is 3.74. The second kappa shape index (κ2) is 12.4. The third kappa shape index (κ3) is 11.5. The number of unbranched alkanes of at least 4 members (excludes halogenated alkanes) is 1. The zero-order valence-corrected chi connectivity index (χ0v) is 17.2. The van der Waals surface area contributed by atoms with Crippen LogP contribution in [0.2, 0.25) is 0 Å². The minimum Gasteiger partial charge on any atom is -0.378 e. The van der Waals surface area contributed by atoms with E-state index in [-0.39, 0.29) is 29.5 Å². The molecule has 0 unspecified atom stereocenters. The quantitative estimate of drug-likeness (QED) is 0.222. The van der Waals surface area contributed by atoms with Crippen LogP contribution in [-0.2, 0) is 4.74 Å². The maximum absolute atomic E-state index is 6.00. The first-order valence-electron chi connectivity index (χ1n) is 8.62. The highest BCUT2D eigenvalue weighted by Gasteiger charge is 2.12. The topological polar surface area (TPSA) is 45.7 Å². The monoisotopic (exact) mass is 425 g/mol. The molecular weight excluding hydrogens is 389 g/mol. The number of nitrogens with zero attached hydrogens (tertiary/aromatic N) is 1. The van der Waals surface area contributed by atoms with Gasteiger partial charge in [0.2, 0.25) is 0 Å². The molecule has 0 aromatic heterocycles. The molecule has 132 valence electrons. The summed E-state index contributed by atoms with van der Waals surface area (Å²) in [7, 11) is 1.82. The Balaban J connectivity index is 0.00000441. The molecule has 4 nitrogen and oxygen atoms in total. The van der Waals surface area contributed by atoms with Crippen LogP contribution < -0.4 is 10.6 Å². The molecule has 0 bridgehead atoms. The fourth-order valence-electron chi connectivity index (χ4n) is 2.63. The van der Waals surface area contributed by atoms with Crippen molar-refractivity contribution < 1.29 is 4.74 Å². The maximum Gasteiger partial charge on any atom is 0.191 e. The van der Waals surface area contributed by atoms with Gasteiger partial charge in [-0.25, -0.2) is 0 Å². The highest BCUT2D eigenvalue weighted by Crippen LogP contribution is 2.19. The fourth-order valence-corrected chi connectivity index (χ4v) is 2.63. The number of ether oxygens (including phenoxy) is 1. The lowest BCUT2D eigenvalue weighted by molar-refractivity contribution is 0.0411. The van der Waals surface area contributed by atoms with Gasteiger partial charge in [-0.2, -0.15) is 0 Å². The van der Waals surface area contributed by atoms with Crippen molar-refractivity contribution in [3.63, 3.8) is 0 Å². The van der Waals surface area contributed by atoms with Gasteiger partial charge in [0.1, 0.15) is 0 Å². The van der Waals surface area contributed by atoms with Crippen molar-refractivity contribution in [1.82, 2.24) is 10.6 Å². The van der Waals surface area contributed by atoms with E-state index < -0.39 is 0 Å². The molecule has 1 saturated carbocycles. The number of aliphatic imine (C=N–C) groups is 1. The van der Waals surface area contributed by atoms with Gasteiger partial charge in [-0.05, 0) is 46.5 Å². The molecule has 0 amide bonds. The molecule has 0 aromatic carbocycles. The molecule has 0 atom stereocenters. The highest BCUT2D eigenvalue weighted by atomic mass is 127. The summed E-state index contributed by atoms with van der Waals surface area (Å²) in [5, 5.41) is 6.72. The Bertz CT molecular complexity index is 295. The van der Waals surface area contributed by atoms with E-state index in [1.807, 2.05) is 7.05 Å². The van der Waals surface area contributed by atoms with E-state index >= 15 is 0 Å². The van der Waals surface area contributed by atoms with Gasteiger partial charge in [0.25, 0.3) is 0 Å². The summed E-state index contributed by atoms with van der Waals surface area (Å²) in [6.07, 6.45) is 10.8. The van der Waals surface area contributed by atoms with E-state index in [0.29, 0.717) is 6.10 Å². The van der Waals surface area contributed by atoms with E-state index in [1.54, 1.807) is 0 Å². The molecule has 0 saturated heterocycles. The number of halogens is 1. The molecule has 0 radical (unpaired) electrons. The van der Waals surface area contributed by atoms with Gasteiger partial charge in [-0.3, -0.25) is 4.99 Å². The van der Waals surface area contributed by atoms with Gasteiger partial charge in [0, 0.05) is 25.7 Å². The van der Waals surface area contributed by atoms with E-state index in [4.69, 9.17) is 4.74 Å². The number of hydrogen-bond acceptors (Lipinski definition) is 2. The van der Waals surface area contributed by atoms with E-state index in [0.717, 1.165) is 32.0 Å². The molecule has 22 heavy (non-hydrogen) atoms. The van der Waals surface area contributed by atoms with Gasteiger partial charge in [0.05, 0.1) is 6.10 Å². The predicted molar refractivity (Wildman–Crippen MR) is 106 cm³/mol. The van der Waals surface area contributed by atoms with Crippen LogP contribution in [-0.4, -0.2) is 37.8 Å². The molecular formula is C17H36IN3O. The van der Waals surface area contributed by atoms with Gasteiger partial charge >= 0.3 is 0 Å². The van der Waals surface area contributed by atoms with Crippen LogP contribution in [0.1, 0.15) is 72.1 Å². The lowest BCUT2D eigenvalue weighted by Crippen LogP contribution is -2.47. The van der Waals surface area contributed by atoms with Crippen molar-refractivity contribution in [3.05, 3.63) is 0 Å². The van der Waals surface area contributed by atoms with E-state index in [2.05, 4.69) is 36.4 Å². The van der Waals surface area contributed by atoms with Crippen LogP contribution >= 0.6 is 24.0 Å². The Labute approximate surface area is 154 Å². The maximum atomic E-state index is 6.00. The Kier molecular flexibility index (Phi) is 12.4. The number of guanidine groups is 1. The van der Waals surface area contributed by atoms with Crippen LogP contribution in [0.3, 0.4) is 0 Å². The standard InChI is InChI=1S/C17H35N3O.HI/c1-17(2,3)20-16(18-4)19-13-9-10-14-21-15-11-7-5-6-8-12-15;/h15H,5-14H2,1-4H3,(H2,18,19,20);1H. The molecule has 1 aliphatic carbocycles. The zero-order chi connectivity index (χ0) is 15.6. The number of hydrogen-bond donors (Lipinski definition) is 2. The van der Waals surface area contributed by atoms with Crippen molar-refractivity contribution in [1.29, 1.82) is 0 Å². The Morgan fingerprint density at radius 1 is 1.09 bits per heavy atom. The highest BCUT2D eigenvalue weighted by molar-refractivity contribution is 14.0. The van der Waals surface area contributed by atoms with Crippen molar-refractivity contribution in [2.24, 2.45) is 4.99 Å². The van der Waals surface area contributed by atoms with Gasteiger partial charge in [-0.1, -0.05) is 25.7 Å². The number of nitrogens with one attached hydrogen (secondary N) is 2. The summed E-state index contributed by atoms with van der Waals surface area (Å²) >= 11 is 0. The summed E-state index contributed by atoms with van der Waals surface area (Å²) in [5.41, 5.74) is 0.0461. The fraction of sp³-hybridized carbons (Fsp3) is 0.941. The second-order valence-corrected chi connectivity index (χ2v) is 7.07. The van der Waals surface area contributed by atoms with Gasteiger partial charge in [-0.15, -0.1) is 24.0 Å². The molecule has 0 aliphatic heterocycles. The van der Waals surface area contributed by atoms with Crippen molar-refractivity contribution in [3.8, 4) is 0 Å². The molecule has 1 fully saturated rings. The van der Waals surface area contributed by atoms with E-state index in [9.17, 15) is 0 Å². The summed E-state index contributed by atoms with van der Waals surface area (Å²) < 4.78 is 6.00. The van der Waals surface area contributed by atoms with Crippen molar-refractivity contribution >= 4 is 29.9 Å². The van der Waals surface area contributed by atoms with Crippen LogP contribution in [0, 0.1) is 0 Å². The first kappa shape index (κ1) is 22.0. The second-order valence-electron chi connectivity index (χ2n) is 7.07. The molecule has 2 N–H and O–H groups in total. The number of rotatable bonds is 6. The third-order valence-corrected chi connectivity index (χ3v) is 3.74. The zero-order valence-electron chi connectivity index (χ0n) is 14.9. The average Bonchev–Trinajstić information content (AvgIpc) is 2.68. The molecule has 0 spiro atoms. The van der Waals surface area contributed by atoms with E-state index in [1.165, 1.54) is 38.5 Å². The summed E-state index contributed by atoms with van der Waals surface area (Å²) in [5.74, 6) is 0.882. The minimum atomic E-state index is 0. The molecule has 5 heteroatoms. The molecule has 1 aliphatic rings. The SMILES string of the molecule is CN=C(NCCCCOC1CCCCCC1)NC(C)(C)C.I. The Hall–Kier alpha value is -0.0400. The Morgan fingerprint density at radius 2 is 1.73 bits per heavy atom. The summed E-state index contributed by atoms with van der Waals surface area (Å²) in [6, 6.07) is 0. The smallest absolute Gasteiger partial charge is 0.191 e. The molecule has 0 heterocycles. The Morgan fingerprint density at radius 3 is 2.27 bits per heavy atom. The van der Waals surface area contributed by atoms with Crippen LogP contribution in [0.4, 0.5) is 0 Å². The first-order chi connectivity index (χ1) is 10.0. The lowest BCUT2D eigenvalue weighted by Gasteiger charge is -2.23. The average molecular weight is 425 g/mol. The van der Waals surface area contributed by atoms with Crippen LogP contribution in [0.15, 0.2) is 4.99 Å².